The van der Waals surface area contributed by atoms with Crippen molar-refractivity contribution in [1.29, 1.82) is 0 Å². The summed E-state index contributed by atoms with van der Waals surface area (Å²) in [6.45, 7) is 0.403. The topological polar surface area (TPSA) is 52.1 Å². The van der Waals surface area contributed by atoms with Crippen molar-refractivity contribution in [2.45, 2.75) is 6.61 Å². The van der Waals surface area contributed by atoms with Crippen LogP contribution >= 0.6 is 23.2 Å². The Bertz CT molecular complexity index is 970. The predicted octanol–water partition coefficient (Wildman–Crippen LogP) is 6.04. The summed E-state index contributed by atoms with van der Waals surface area (Å²) in [6.07, 6.45) is 1.65. The summed E-state index contributed by atoms with van der Waals surface area (Å²) in [5, 5.41) is 5.17. The highest BCUT2D eigenvalue weighted by Crippen LogP contribution is 2.38. The second kappa shape index (κ2) is 10.0. The lowest BCUT2D eigenvalue weighted by Gasteiger charge is -2.15. The molecule has 5 nitrogen and oxygen atoms in total. The van der Waals surface area contributed by atoms with Crippen LogP contribution in [0.15, 0.2) is 65.8 Å². The van der Waals surface area contributed by atoms with Gasteiger partial charge in [0.15, 0.2) is 11.5 Å². The van der Waals surface area contributed by atoms with Crippen LogP contribution in [0, 0.1) is 0 Å². The van der Waals surface area contributed by atoms with Gasteiger partial charge in [-0.3, -0.25) is 5.43 Å². The van der Waals surface area contributed by atoms with Gasteiger partial charge in [0.25, 0.3) is 0 Å². The quantitative estimate of drug-likeness (QED) is 0.349. The molecule has 0 amide bonds. The molecule has 0 aromatic heterocycles. The summed E-state index contributed by atoms with van der Waals surface area (Å²) < 4.78 is 16.9. The number of benzene rings is 3. The lowest BCUT2D eigenvalue weighted by atomic mass is 10.2. The van der Waals surface area contributed by atoms with Gasteiger partial charge in [-0.25, -0.2) is 0 Å². The summed E-state index contributed by atoms with van der Waals surface area (Å²) in [4.78, 5) is 0. The molecule has 0 spiro atoms. The third kappa shape index (κ3) is 5.56. The number of nitrogens with one attached hydrogen (secondary N) is 1. The van der Waals surface area contributed by atoms with Crippen molar-refractivity contribution in [2.24, 2.45) is 5.10 Å². The van der Waals surface area contributed by atoms with Crippen LogP contribution in [0.3, 0.4) is 0 Å². The maximum Gasteiger partial charge on any atom is 0.203 e. The first-order valence-corrected chi connectivity index (χ1v) is 9.53. The Morgan fingerprint density at radius 3 is 2.21 bits per heavy atom. The normalized spacial score (nSPS) is 10.8. The average molecular weight is 431 g/mol. The van der Waals surface area contributed by atoms with Crippen molar-refractivity contribution in [3.8, 4) is 17.2 Å². The van der Waals surface area contributed by atoms with Crippen LogP contribution in [0.2, 0.25) is 10.0 Å². The summed E-state index contributed by atoms with van der Waals surface area (Å²) in [5.41, 5.74) is 5.46. The molecule has 0 aliphatic heterocycles. The molecule has 1 N–H and O–H groups in total. The highest BCUT2D eigenvalue weighted by Gasteiger charge is 2.14. The van der Waals surface area contributed by atoms with Crippen LogP contribution in [0.1, 0.15) is 11.1 Å². The molecule has 3 aromatic rings. The minimum atomic E-state index is 0.403. The van der Waals surface area contributed by atoms with Crippen molar-refractivity contribution >= 4 is 35.1 Å². The molecule has 0 bridgehead atoms. The van der Waals surface area contributed by atoms with Crippen LogP contribution in [0.4, 0.5) is 5.69 Å². The standard InChI is InChI=1S/C22H20Cl2N2O3/c1-27-20-10-16(13-25-26-17-8-9-18(23)19(24)12-17)11-21(28-2)22(20)29-14-15-6-4-3-5-7-15/h3-13,26H,14H2,1-2H3. The molecule has 0 fully saturated rings. The number of ether oxygens (including phenoxy) is 3. The fourth-order valence-corrected chi connectivity index (χ4v) is 2.89. The van der Waals surface area contributed by atoms with Crippen LogP contribution < -0.4 is 19.6 Å². The van der Waals surface area contributed by atoms with Gasteiger partial charge in [0.1, 0.15) is 6.61 Å². The number of hydrazone groups is 1. The van der Waals surface area contributed by atoms with Crippen LogP contribution in [-0.4, -0.2) is 20.4 Å². The Hall–Kier alpha value is -2.89. The molecule has 0 aliphatic rings. The van der Waals surface area contributed by atoms with Gasteiger partial charge in [-0.15, -0.1) is 0 Å². The van der Waals surface area contributed by atoms with Gasteiger partial charge in [0, 0.05) is 5.56 Å². The Kier molecular flexibility index (Phi) is 7.22. The van der Waals surface area contributed by atoms with Crippen molar-refractivity contribution in [3.63, 3.8) is 0 Å². The molecule has 3 rings (SSSR count). The van der Waals surface area contributed by atoms with E-state index in [2.05, 4.69) is 10.5 Å². The molecular formula is C22H20Cl2N2O3. The van der Waals surface area contributed by atoms with Crippen molar-refractivity contribution in [2.75, 3.05) is 19.6 Å². The number of halogens is 2. The zero-order valence-electron chi connectivity index (χ0n) is 16.0. The van der Waals surface area contributed by atoms with E-state index in [9.17, 15) is 0 Å². The molecule has 0 aliphatic carbocycles. The van der Waals surface area contributed by atoms with Crippen molar-refractivity contribution < 1.29 is 14.2 Å². The van der Waals surface area contributed by atoms with E-state index in [1.165, 1.54) is 0 Å². The van der Waals surface area contributed by atoms with E-state index in [4.69, 9.17) is 37.4 Å². The molecular weight excluding hydrogens is 411 g/mol. The monoisotopic (exact) mass is 430 g/mol. The number of nitrogens with zero attached hydrogens (tertiary/aromatic N) is 1. The molecule has 0 radical (unpaired) electrons. The zero-order chi connectivity index (χ0) is 20.6. The van der Waals surface area contributed by atoms with Gasteiger partial charge in [0.05, 0.1) is 36.2 Å². The van der Waals surface area contributed by atoms with Gasteiger partial charge in [0.2, 0.25) is 5.75 Å². The Morgan fingerprint density at radius 2 is 1.59 bits per heavy atom. The van der Waals surface area contributed by atoms with Gasteiger partial charge < -0.3 is 14.2 Å². The minimum absolute atomic E-state index is 0.403. The molecule has 0 unspecified atom stereocenters. The number of hydrogen-bond acceptors (Lipinski definition) is 5. The molecule has 0 heterocycles. The summed E-state index contributed by atoms with van der Waals surface area (Å²) in [7, 11) is 3.16. The first kappa shape index (κ1) is 20.8. The minimum Gasteiger partial charge on any atom is -0.493 e. The lowest BCUT2D eigenvalue weighted by Crippen LogP contribution is -2.01. The van der Waals surface area contributed by atoms with E-state index in [1.54, 1.807) is 38.6 Å². The second-order valence-corrected chi connectivity index (χ2v) is 6.84. The Labute approximate surface area is 179 Å². The fourth-order valence-electron chi connectivity index (χ4n) is 2.59. The van der Waals surface area contributed by atoms with Gasteiger partial charge in [-0.1, -0.05) is 53.5 Å². The molecule has 0 saturated heterocycles. The van der Waals surface area contributed by atoms with E-state index in [-0.39, 0.29) is 0 Å². The average Bonchev–Trinajstić information content (AvgIpc) is 2.75. The van der Waals surface area contributed by atoms with Crippen molar-refractivity contribution in [3.05, 3.63) is 81.8 Å². The van der Waals surface area contributed by atoms with E-state index < -0.39 is 0 Å². The number of methoxy groups -OCH3 is 2. The van der Waals surface area contributed by atoms with Gasteiger partial charge in [-0.05, 0) is 35.9 Å². The number of anilines is 1. The maximum absolute atomic E-state index is 6.01. The highest BCUT2D eigenvalue weighted by molar-refractivity contribution is 6.42. The first-order chi connectivity index (χ1) is 14.1. The van der Waals surface area contributed by atoms with Gasteiger partial charge in [-0.2, -0.15) is 5.10 Å². The smallest absolute Gasteiger partial charge is 0.203 e. The summed E-state index contributed by atoms with van der Waals surface area (Å²) in [5.74, 6) is 1.64. The van der Waals surface area contributed by atoms with E-state index in [1.807, 2.05) is 42.5 Å². The third-order valence-corrected chi connectivity index (χ3v) is 4.77. The Morgan fingerprint density at radius 1 is 0.897 bits per heavy atom. The molecule has 3 aromatic carbocycles. The fraction of sp³-hybridized carbons (Fsp3) is 0.136. The maximum atomic E-state index is 6.01. The SMILES string of the molecule is COc1cc(C=NNc2ccc(Cl)c(Cl)c2)cc(OC)c1OCc1ccccc1. The van der Waals surface area contributed by atoms with Gasteiger partial charge >= 0.3 is 0 Å². The molecule has 0 atom stereocenters. The van der Waals surface area contributed by atoms with E-state index in [0.29, 0.717) is 33.9 Å². The molecule has 0 saturated carbocycles. The van der Waals surface area contributed by atoms with Crippen LogP contribution in [0.5, 0.6) is 17.2 Å². The summed E-state index contributed by atoms with van der Waals surface area (Å²) in [6, 6.07) is 18.7. The third-order valence-electron chi connectivity index (χ3n) is 4.04. The van der Waals surface area contributed by atoms with Crippen molar-refractivity contribution in [1.82, 2.24) is 0 Å². The van der Waals surface area contributed by atoms with E-state index in [0.717, 1.165) is 16.8 Å². The van der Waals surface area contributed by atoms with E-state index >= 15 is 0 Å². The lowest BCUT2D eigenvalue weighted by molar-refractivity contribution is 0.266. The predicted molar refractivity (Wildman–Crippen MR) is 118 cm³/mol. The second-order valence-electron chi connectivity index (χ2n) is 6.03. The molecule has 7 heteroatoms. The summed E-state index contributed by atoms with van der Waals surface area (Å²) >= 11 is 11.9. The molecule has 150 valence electrons. The molecule has 29 heavy (non-hydrogen) atoms. The highest BCUT2D eigenvalue weighted by atomic mass is 35.5. The zero-order valence-corrected chi connectivity index (χ0v) is 17.5. The largest absolute Gasteiger partial charge is 0.493 e. The number of hydrogen-bond donors (Lipinski definition) is 1. The Balaban J connectivity index is 1.76. The number of rotatable bonds is 8. The van der Waals surface area contributed by atoms with Crippen LogP contribution in [-0.2, 0) is 6.61 Å². The van der Waals surface area contributed by atoms with Crippen LogP contribution in [0.25, 0.3) is 0 Å². The first-order valence-electron chi connectivity index (χ1n) is 8.77.